The Bertz CT molecular complexity index is 984. The average Bonchev–Trinajstić information content (AvgIpc) is 2.86. The number of fused-ring (bicyclic) bond motifs is 1. The van der Waals surface area contributed by atoms with Crippen molar-refractivity contribution in [3.05, 3.63) is 58.5 Å². The van der Waals surface area contributed by atoms with E-state index in [0.29, 0.717) is 17.9 Å². The van der Waals surface area contributed by atoms with Gasteiger partial charge in [0.05, 0.1) is 17.6 Å². The van der Waals surface area contributed by atoms with E-state index >= 15 is 0 Å². The minimum absolute atomic E-state index is 0.0952. The molecule has 0 saturated carbocycles. The number of aryl methyl sites for hydroxylation is 2. The monoisotopic (exact) mass is 353 g/mol. The molecule has 1 heterocycles. The summed E-state index contributed by atoms with van der Waals surface area (Å²) >= 11 is 0. The highest BCUT2D eigenvalue weighted by atomic mass is 16.5. The highest BCUT2D eigenvalue weighted by Crippen LogP contribution is 2.19. The van der Waals surface area contributed by atoms with Crippen LogP contribution in [0.2, 0.25) is 0 Å². The maximum absolute atomic E-state index is 12.5. The largest absolute Gasteiger partial charge is 0.494 e. The van der Waals surface area contributed by atoms with Crippen molar-refractivity contribution in [2.75, 3.05) is 11.9 Å². The van der Waals surface area contributed by atoms with Gasteiger partial charge < -0.3 is 10.1 Å². The van der Waals surface area contributed by atoms with Gasteiger partial charge in [-0.1, -0.05) is 13.3 Å². The lowest BCUT2D eigenvalue weighted by Gasteiger charge is -2.08. The van der Waals surface area contributed by atoms with Crippen LogP contribution >= 0.6 is 0 Å². The van der Waals surface area contributed by atoms with Crippen molar-refractivity contribution < 1.29 is 9.53 Å². The number of ether oxygens (including phenoxy) is 1. The second-order valence-corrected chi connectivity index (χ2v) is 6.28. The number of hydrogen-bond donors (Lipinski definition) is 1. The molecule has 2 aromatic carbocycles. The fraction of sp³-hybridized carbons (Fsp3) is 0.300. The topological polar surface area (TPSA) is 65.3 Å². The number of carbonyl (C=O) groups excluding carboxylic acids is 1. The van der Waals surface area contributed by atoms with E-state index in [0.717, 1.165) is 29.6 Å². The normalized spacial score (nSPS) is 10.9. The molecule has 0 fully saturated rings. The predicted octanol–water partition coefficient (Wildman–Crippen LogP) is 3.31. The summed E-state index contributed by atoms with van der Waals surface area (Å²) in [6.07, 6.45) is 2.09. The number of carbonyl (C=O) groups is 1. The van der Waals surface area contributed by atoms with Gasteiger partial charge in [-0.2, -0.15) is 0 Å². The van der Waals surface area contributed by atoms with Crippen LogP contribution in [0.4, 0.5) is 5.69 Å². The highest BCUT2D eigenvalue weighted by Gasteiger charge is 2.11. The van der Waals surface area contributed by atoms with Crippen LogP contribution in [0.25, 0.3) is 11.0 Å². The van der Waals surface area contributed by atoms with Crippen LogP contribution in [0.15, 0.2) is 47.3 Å². The van der Waals surface area contributed by atoms with Crippen molar-refractivity contribution in [1.82, 2.24) is 9.13 Å². The molecule has 0 saturated heterocycles. The maximum Gasteiger partial charge on any atom is 0.328 e. The molecule has 26 heavy (non-hydrogen) atoms. The third-order valence-corrected chi connectivity index (χ3v) is 4.41. The SMILES string of the molecule is CCCCOc1ccc(C(=O)Nc2ccc3c(c2)n(C)c(=O)n3C)cc1. The van der Waals surface area contributed by atoms with Crippen molar-refractivity contribution in [3.63, 3.8) is 0 Å². The van der Waals surface area contributed by atoms with Crippen LogP contribution in [0.5, 0.6) is 5.75 Å². The van der Waals surface area contributed by atoms with E-state index in [-0.39, 0.29) is 11.6 Å². The Morgan fingerprint density at radius 1 is 1.04 bits per heavy atom. The van der Waals surface area contributed by atoms with Gasteiger partial charge in [-0.3, -0.25) is 13.9 Å². The quantitative estimate of drug-likeness (QED) is 0.692. The molecule has 0 aliphatic rings. The number of unbranched alkanes of at least 4 members (excludes halogenated alkanes) is 1. The molecule has 1 amide bonds. The molecule has 3 rings (SSSR count). The molecular formula is C20H23N3O3. The predicted molar refractivity (Wildman–Crippen MR) is 103 cm³/mol. The first kappa shape index (κ1) is 17.8. The van der Waals surface area contributed by atoms with Gasteiger partial charge in [0.25, 0.3) is 5.91 Å². The summed E-state index contributed by atoms with van der Waals surface area (Å²) in [6, 6.07) is 12.5. The van der Waals surface area contributed by atoms with E-state index in [4.69, 9.17) is 4.74 Å². The van der Waals surface area contributed by atoms with Crippen LogP contribution in [-0.4, -0.2) is 21.6 Å². The fourth-order valence-corrected chi connectivity index (χ4v) is 2.82. The molecule has 6 nitrogen and oxygen atoms in total. The van der Waals surface area contributed by atoms with Crippen LogP contribution < -0.4 is 15.7 Å². The zero-order chi connectivity index (χ0) is 18.7. The van der Waals surface area contributed by atoms with Gasteiger partial charge in [-0.15, -0.1) is 0 Å². The van der Waals surface area contributed by atoms with Crippen LogP contribution in [-0.2, 0) is 14.1 Å². The Balaban J connectivity index is 1.74. The minimum Gasteiger partial charge on any atom is -0.494 e. The van der Waals surface area contributed by atoms with Crippen LogP contribution in [0.3, 0.4) is 0 Å². The third-order valence-electron chi connectivity index (χ3n) is 4.41. The van der Waals surface area contributed by atoms with Gasteiger partial charge in [0.15, 0.2) is 0 Å². The van der Waals surface area contributed by atoms with E-state index in [2.05, 4.69) is 12.2 Å². The second-order valence-electron chi connectivity index (χ2n) is 6.28. The van der Waals surface area contributed by atoms with Gasteiger partial charge in [0.2, 0.25) is 0 Å². The highest BCUT2D eigenvalue weighted by molar-refractivity contribution is 6.05. The fourth-order valence-electron chi connectivity index (χ4n) is 2.82. The standard InChI is InChI=1S/C20H23N3O3/c1-4-5-12-26-16-9-6-14(7-10-16)19(24)21-15-8-11-17-18(13-15)23(3)20(25)22(17)2/h6-11,13H,4-5,12H2,1-3H3,(H,21,24). The van der Waals surface area contributed by atoms with E-state index in [9.17, 15) is 9.59 Å². The Hall–Kier alpha value is -3.02. The Labute approximate surface area is 152 Å². The molecule has 0 atom stereocenters. The summed E-state index contributed by atoms with van der Waals surface area (Å²) < 4.78 is 8.75. The zero-order valence-corrected chi connectivity index (χ0v) is 15.3. The second kappa shape index (κ2) is 7.47. The Morgan fingerprint density at radius 2 is 1.73 bits per heavy atom. The van der Waals surface area contributed by atoms with Crippen molar-refractivity contribution >= 4 is 22.6 Å². The smallest absolute Gasteiger partial charge is 0.328 e. The molecule has 0 radical (unpaired) electrons. The lowest BCUT2D eigenvalue weighted by molar-refractivity contribution is 0.102. The van der Waals surface area contributed by atoms with Crippen molar-refractivity contribution in [2.45, 2.75) is 19.8 Å². The first-order valence-electron chi connectivity index (χ1n) is 8.71. The van der Waals surface area contributed by atoms with E-state index in [1.807, 2.05) is 6.07 Å². The number of nitrogens with one attached hydrogen (secondary N) is 1. The summed E-state index contributed by atoms with van der Waals surface area (Å²) in [4.78, 5) is 24.4. The van der Waals surface area contributed by atoms with E-state index < -0.39 is 0 Å². The van der Waals surface area contributed by atoms with Gasteiger partial charge in [-0.25, -0.2) is 4.79 Å². The van der Waals surface area contributed by atoms with Gasteiger partial charge >= 0.3 is 5.69 Å². The number of rotatable bonds is 6. The number of nitrogens with zero attached hydrogens (tertiary/aromatic N) is 2. The number of benzene rings is 2. The summed E-state index contributed by atoms with van der Waals surface area (Å²) in [6.45, 7) is 2.79. The first-order valence-corrected chi connectivity index (χ1v) is 8.71. The minimum atomic E-state index is -0.203. The molecular weight excluding hydrogens is 330 g/mol. The molecule has 6 heteroatoms. The summed E-state index contributed by atoms with van der Waals surface area (Å²) in [5, 5.41) is 2.87. The van der Waals surface area contributed by atoms with Gasteiger partial charge in [0.1, 0.15) is 5.75 Å². The number of amides is 1. The van der Waals surface area contributed by atoms with Crippen LogP contribution in [0.1, 0.15) is 30.1 Å². The third kappa shape index (κ3) is 3.49. The zero-order valence-electron chi connectivity index (χ0n) is 15.3. The summed E-state index contributed by atoms with van der Waals surface area (Å²) in [5.41, 5.74) is 2.70. The van der Waals surface area contributed by atoms with Crippen molar-refractivity contribution in [2.24, 2.45) is 14.1 Å². The molecule has 0 aliphatic carbocycles. The molecule has 0 bridgehead atoms. The lowest BCUT2D eigenvalue weighted by atomic mass is 10.2. The number of aromatic nitrogens is 2. The number of anilines is 1. The van der Waals surface area contributed by atoms with Crippen molar-refractivity contribution in [1.29, 1.82) is 0 Å². The number of imidazole rings is 1. The molecule has 0 spiro atoms. The maximum atomic E-state index is 12.5. The molecule has 136 valence electrons. The lowest BCUT2D eigenvalue weighted by Crippen LogP contribution is -2.19. The molecule has 0 unspecified atom stereocenters. The molecule has 3 aromatic rings. The first-order chi connectivity index (χ1) is 12.5. The molecule has 1 aromatic heterocycles. The Kier molecular flexibility index (Phi) is 5.11. The molecule has 1 N–H and O–H groups in total. The van der Waals surface area contributed by atoms with Gasteiger partial charge in [-0.05, 0) is 48.9 Å². The molecule has 0 aliphatic heterocycles. The van der Waals surface area contributed by atoms with E-state index in [1.165, 1.54) is 0 Å². The summed E-state index contributed by atoms with van der Waals surface area (Å²) in [5.74, 6) is 0.557. The van der Waals surface area contributed by atoms with Crippen molar-refractivity contribution in [3.8, 4) is 5.75 Å². The number of hydrogen-bond acceptors (Lipinski definition) is 3. The Morgan fingerprint density at radius 3 is 2.42 bits per heavy atom. The van der Waals surface area contributed by atoms with Gasteiger partial charge in [0, 0.05) is 25.3 Å². The average molecular weight is 353 g/mol. The van der Waals surface area contributed by atoms with E-state index in [1.54, 1.807) is 59.6 Å². The summed E-state index contributed by atoms with van der Waals surface area (Å²) in [7, 11) is 3.45. The van der Waals surface area contributed by atoms with Crippen LogP contribution in [0, 0.1) is 0 Å².